The molecular formula is C14H20F2N2. The van der Waals surface area contributed by atoms with Gasteiger partial charge in [-0.05, 0) is 56.3 Å². The second-order valence-corrected chi connectivity index (χ2v) is 5.14. The Morgan fingerprint density at radius 3 is 2.33 bits per heavy atom. The van der Waals surface area contributed by atoms with Gasteiger partial charge >= 0.3 is 0 Å². The molecule has 2 rings (SSSR count). The number of benzene rings is 1. The predicted molar refractivity (Wildman–Crippen MR) is 69.7 cm³/mol. The largest absolute Gasteiger partial charge is 0.367 e. The van der Waals surface area contributed by atoms with Gasteiger partial charge in [0.05, 0.1) is 0 Å². The number of halogens is 2. The second kappa shape index (κ2) is 5.22. The van der Waals surface area contributed by atoms with Crippen molar-refractivity contribution in [3.05, 3.63) is 29.3 Å². The molecule has 0 amide bonds. The molecule has 1 atom stereocenters. The molecule has 0 aromatic heterocycles. The summed E-state index contributed by atoms with van der Waals surface area (Å²) in [5, 5.41) is 0. The van der Waals surface area contributed by atoms with Crippen LogP contribution in [0.25, 0.3) is 0 Å². The summed E-state index contributed by atoms with van der Waals surface area (Å²) in [6.07, 6.45) is 2.80. The van der Waals surface area contributed by atoms with Crippen molar-refractivity contribution in [1.29, 1.82) is 0 Å². The SMILES string of the molecule is CC(C1CC1)N(C)c1c(F)cc(CCN)cc1F. The number of rotatable bonds is 5. The zero-order valence-electron chi connectivity index (χ0n) is 10.9. The van der Waals surface area contributed by atoms with Crippen LogP contribution in [0.1, 0.15) is 25.3 Å². The van der Waals surface area contributed by atoms with E-state index in [0.29, 0.717) is 24.4 Å². The molecule has 1 aliphatic rings. The van der Waals surface area contributed by atoms with Crippen LogP contribution in [-0.2, 0) is 6.42 Å². The molecule has 2 nitrogen and oxygen atoms in total. The molecule has 0 aliphatic heterocycles. The topological polar surface area (TPSA) is 29.3 Å². The zero-order valence-corrected chi connectivity index (χ0v) is 10.9. The van der Waals surface area contributed by atoms with Gasteiger partial charge in [-0.3, -0.25) is 0 Å². The Morgan fingerprint density at radius 1 is 1.33 bits per heavy atom. The smallest absolute Gasteiger partial charge is 0.149 e. The Bertz CT molecular complexity index is 407. The summed E-state index contributed by atoms with van der Waals surface area (Å²) in [5.41, 5.74) is 6.09. The predicted octanol–water partition coefficient (Wildman–Crippen LogP) is 2.70. The van der Waals surface area contributed by atoms with E-state index in [0.717, 1.165) is 12.8 Å². The lowest BCUT2D eigenvalue weighted by atomic mass is 10.1. The van der Waals surface area contributed by atoms with Crippen molar-refractivity contribution in [3.63, 3.8) is 0 Å². The van der Waals surface area contributed by atoms with Crippen molar-refractivity contribution in [2.75, 3.05) is 18.5 Å². The minimum atomic E-state index is -0.492. The molecule has 18 heavy (non-hydrogen) atoms. The normalized spacial score (nSPS) is 16.7. The van der Waals surface area contributed by atoms with Gasteiger partial charge in [-0.1, -0.05) is 0 Å². The first-order valence-corrected chi connectivity index (χ1v) is 6.45. The van der Waals surface area contributed by atoms with E-state index >= 15 is 0 Å². The summed E-state index contributed by atoms with van der Waals surface area (Å²) < 4.78 is 28.0. The maximum Gasteiger partial charge on any atom is 0.149 e. The molecule has 2 N–H and O–H groups in total. The third-order valence-corrected chi connectivity index (χ3v) is 3.78. The Balaban J connectivity index is 2.26. The first-order chi connectivity index (χ1) is 8.54. The maximum atomic E-state index is 14.0. The highest BCUT2D eigenvalue weighted by Crippen LogP contribution is 2.37. The summed E-state index contributed by atoms with van der Waals surface area (Å²) in [6, 6.07) is 2.96. The Hall–Kier alpha value is -1.16. The molecule has 1 saturated carbocycles. The summed E-state index contributed by atoms with van der Waals surface area (Å²) >= 11 is 0. The van der Waals surface area contributed by atoms with Gasteiger partial charge in [-0.25, -0.2) is 8.78 Å². The van der Waals surface area contributed by atoms with Gasteiger partial charge in [0.25, 0.3) is 0 Å². The monoisotopic (exact) mass is 254 g/mol. The van der Waals surface area contributed by atoms with Gasteiger partial charge in [0.1, 0.15) is 17.3 Å². The summed E-state index contributed by atoms with van der Waals surface area (Å²) in [5.74, 6) is -0.417. The molecular weight excluding hydrogens is 234 g/mol. The van der Waals surface area contributed by atoms with E-state index in [2.05, 4.69) is 0 Å². The molecule has 0 saturated heterocycles. The molecule has 0 bridgehead atoms. The van der Waals surface area contributed by atoms with Crippen LogP contribution in [0.3, 0.4) is 0 Å². The van der Waals surface area contributed by atoms with Crippen molar-refractivity contribution in [2.45, 2.75) is 32.2 Å². The minimum absolute atomic E-state index is 0.0789. The van der Waals surface area contributed by atoms with E-state index in [1.54, 1.807) is 11.9 Å². The van der Waals surface area contributed by atoms with Gasteiger partial charge in [0, 0.05) is 13.1 Å². The van der Waals surface area contributed by atoms with Gasteiger partial charge in [0.2, 0.25) is 0 Å². The van der Waals surface area contributed by atoms with Crippen LogP contribution in [0.15, 0.2) is 12.1 Å². The number of nitrogens with two attached hydrogens (primary N) is 1. The van der Waals surface area contributed by atoms with E-state index in [4.69, 9.17) is 5.73 Å². The fourth-order valence-electron chi connectivity index (χ4n) is 2.36. The molecule has 1 aliphatic carbocycles. The third-order valence-electron chi connectivity index (χ3n) is 3.78. The second-order valence-electron chi connectivity index (χ2n) is 5.14. The number of nitrogens with zero attached hydrogens (tertiary/aromatic N) is 1. The quantitative estimate of drug-likeness (QED) is 0.875. The molecule has 0 spiro atoms. The lowest BCUT2D eigenvalue weighted by Gasteiger charge is -2.28. The highest BCUT2D eigenvalue weighted by molar-refractivity contribution is 5.51. The van der Waals surface area contributed by atoms with Crippen LogP contribution in [0.2, 0.25) is 0 Å². The van der Waals surface area contributed by atoms with Gasteiger partial charge < -0.3 is 10.6 Å². The van der Waals surface area contributed by atoms with Gasteiger partial charge in [-0.15, -0.1) is 0 Å². The van der Waals surface area contributed by atoms with Crippen LogP contribution < -0.4 is 10.6 Å². The average Bonchev–Trinajstić information content (AvgIpc) is 3.11. The molecule has 1 unspecified atom stereocenters. The van der Waals surface area contributed by atoms with Crippen LogP contribution in [0.4, 0.5) is 14.5 Å². The molecule has 1 aromatic rings. The molecule has 100 valence electrons. The third kappa shape index (κ3) is 2.64. The highest BCUT2D eigenvalue weighted by Gasteiger charge is 2.32. The minimum Gasteiger partial charge on any atom is -0.367 e. The fraction of sp³-hybridized carbons (Fsp3) is 0.571. The van der Waals surface area contributed by atoms with Crippen molar-refractivity contribution in [3.8, 4) is 0 Å². The lowest BCUT2D eigenvalue weighted by Crippen LogP contribution is -2.32. The first-order valence-electron chi connectivity index (χ1n) is 6.45. The van der Waals surface area contributed by atoms with E-state index in [-0.39, 0.29) is 11.7 Å². The van der Waals surface area contributed by atoms with Crippen molar-refractivity contribution >= 4 is 5.69 Å². The van der Waals surface area contributed by atoms with E-state index < -0.39 is 11.6 Å². The Morgan fingerprint density at radius 2 is 1.89 bits per heavy atom. The summed E-state index contributed by atoms with van der Waals surface area (Å²) in [6.45, 7) is 2.41. The van der Waals surface area contributed by atoms with Crippen LogP contribution >= 0.6 is 0 Å². The Kier molecular flexibility index (Phi) is 3.85. The Labute approximate surface area is 107 Å². The highest BCUT2D eigenvalue weighted by atomic mass is 19.1. The standard InChI is InChI=1S/C14H20F2N2/c1-9(11-3-4-11)18(2)14-12(15)7-10(5-6-17)8-13(14)16/h7-9,11H,3-6,17H2,1-2H3. The average molecular weight is 254 g/mol. The number of anilines is 1. The molecule has 1 fully saturated rings. The van der Waals surface area contributed by atoms with Crippen LogP contribution in [-0.4, -0.2) is 19.6 Å². The summed E-state index contributed by atoms with van der Waals surface area (Å²) in [4.78, 5) is 1.72. The number of hydrogen-bond donors (Lipinski definition) is 1. The van der Waals surface area contributed by atoms with Crippen molar-refractivity contribution in [1.82, 2.24) is 0 Å². The van der Waals surface area contributed by atoms with Gasteiger partial charge in [-0.2, -0.15) is 0 Å². The van der Waals surface area contributed by atoms with E-state index in [1.165, 1.54) is 12.1 Å². The van der Waals surface area contributed by atoms with Gasteiger partial charge in [0.15, 0.2) is 0 Å². The fourth-order valence-corrected chi connectivity index (χ4v) is 2.36. The van der Waals surface area contributed by atoms with Crippen LogP contribution in [0.5, 0.6) is 0 Å². The molecule has 1 aromatic carbocycles. The maximum absolute atomic E-state index is 14.0. The van der Waals surface area contributed by atoms with E-state index in [9.17, 15) is 8.78 Å². The molecule has 0 radical (unpaired) electrons. The van der Waals surface area contributed by atoms with Crippen molar-refractivity contribution < 1.29 is 8.78 Å². The lowest BCUT2D eigenvalue weighted by molar-refractivity contribution is 0.541. The van der Waals surface area contributed by atoms with E-state index in [1.807, 2.05) is 6.92 Å². The molecule has 4 heteroatoms. The number of hydrogen-bond acceptors (Lipinski definition) is 2. The zero-order chi connectivity index (χ0) is 13.3. The first kappa shape index (κ1) is 13.3. The molecule has 0 heterocycles. The summed E-state index contributed by atoms with van der Waals surface area (Å²) in [7, 11) is 1.76. The van der Waals surface area contributed by atoms with Crippen molar-refractivity contribution in [2.24, 2.45) is 11.7 Å². The van der Waals surface area contributed by atoms with Crippen LogP contribution in [0, 0.1) is 17.6 Å².